The lowest BCUT2D eigenvalue weighted by atomic mass is 10.5. The molecule has 2 nitrogen and oxygen atoms in total. The molecule has 68 valence electrons. The van der Waals surface area contributed by atoms with Gasteiger partial charge in [-0.1, -0.05) is 18.3 Å². The lowest BCUT2D eigenvalue weighted by molar-refractivity contribution is 0.260. The van der Waals surface area contributed by atoms with E-state index in [4.69, 9.17) is 15.8 Å². The molecule has 0 saturated carbocycles. The van der Waals surface area contributed by atoms with Crippen molar-refractivity contribution in [2.45, 2.75) is 33.3 Å². The lowest BCUT2D eigenvalue weighted by Gasteiger charge is -2.12. The van der Waals surface area contributed by atoms with Crippen molar-refractivity contribution in [3.05, 3.63) is 0 Å². The fourth-order valence-corrected chi connectivity index (χ4v) is 4.45. The Hall–Kier alpha value is 0.830. The Labute approximate surface area is 77.0 Å². The van der Waals surface area contributed by atoms with E-state index in [0.717, 1.165) is 12.2 Å². The molecule has 11 heavy (non-hydrogen) atoms. The monoisotopic (exact) mass is 216 g/mol. The fourth-order valence-electron chi connectivity index (χ4n) is 0.483. The van der Waals surface area contributed by atoms with Crippen molar-refractivity contribution in [2.24, 2.45) is 0 Å². The lowest BCUT2D eigenvalue weighted by Crippen LogP contribution is -1.95. The van der Waals surface area contributed by atoms with Crippen LogP contribution in [0.2, 0.25) is 0 Å². The van der Waals surface area contributed by atoms with Crippen LogP contribution in [0.15, 0.2) is 0 Å². The van der Waals surface area contributed by atoms with Crippen molar-refractivity contribution in [3.63, 3.8) is 0 Å². The van der Waals surface area contributed by atoms with Crippen molar-refractivity contribution < 1.29 is 9.09 Å². The van der Waals surface area contributed by atoms with E-state index in [2.05, 4.69) is 0 Å². The van der Waals surface area contributed by atoms with Crippen molar-refractivity contribution in [3.8, 4) is 0 Å². The first-order chi connectivity index (χ1) is 4.98. The third-order valence-corrected chi connectivity index (χ3v) is 5.21. The first-order valence-corrected chi connectivity index (χ1v) is 7.72. The molecule has 0 fully saturated rings. The smallest absolute Gasteiger partial charge is 0.307 e. The van der Waals surface area contributed by atoms with E-state index in [-0.39, 0.29) is 6.10 Å². The van der Waals surface area contributed by atoms with E-state index >= 15 is 0 Å². The summed E-state index contributed by atoms with van der Waals surface area (Å²) in [6, 6.07) is 0. The molecule has 0 amide bonds. The van der Waals surface area contributed by atoms with Gasteiger partial charge in [-0.25, -0.2) is 0 Å². The Morgan fingerprint density at radius 3 is 2.55 bits per heavy atom. The zero-order chi connectivity index (χ0) is 8.91. The van der Waals surface area contributed by atoms with Crippen molar-refractivity contribution >= 4 is 28.5 Å². The minimum atomic E-state index is -2.88. The molecule has 0 aromatic rings. The molecule has 0 heterocycles. The summed E-state index contributed by atoms with van der Waals surface area (Å²) in [5, 5.41) is 0. The van der Waals surface area contributed by atoms with E-state index in [1.54, 1.807) is 0 Å². The van der Waals surface area contributed by atoms with Gasteiger partial charge in [-0.05, 0) is 31.5 Å². The number of rotatable bonds is 5. The molecule has 1 atom stereocenters. The molecule has 0 aliphatic heterocycles. The molecule has 0 aromatic heterocycles. The van der Waals surface area contributed by atoms with Gasteiger partial charge in [0.05, 0.1) is 6.10 Å². The van der Waals surface area contributed by atoms with Crippen LogP contribution in [0.5, 0.6) is 0 Å². The van der Waals surface area contributed by atoms with Crippen LogP contribution in [-0.4, -0.2) is 11.9 Å². The van der Waals surface area contributed by atoms with Gasteiger partial charge in [0.25, 0.3) is 0 Å². The van der Waals surface area contributed by atoms with Crippen LogP contribution in [0.25, 0.3) is 0 Å². The van der Waals surface area contributed by atoms with Gasteiger partial charge in [0.15, 0.2) is 0 Å². The molecular weight excluding hydrogens is 203 g/mol. The molecule has 0 aromatic carbocycles. The van der Waals surface area contributed by atoms with Crippen LogP contribution in [-0.2, 0) is 9.09 Å². The molecule has 0 bridgehead atoms. The molecular formula is C6H14ClO2PS. The zero-order valence-electron chi connectivity index (χ0n) is 7.04. The van der Waals surface area contributed by atoms with Crippen molar-refractivity contribution in [2.75, 3.05) is 5.75 Å². The molecule has 0 radical (unpaired) electrons. The summed E-state index contributed by atoms with van der Waals surface area (Å²) in [5.41, 5.74) is 0. The molecule has 0 N–H and O–H groups in total. The maximum absolute atomic E-state index is 11.3. The first-order valence-electron chi connectivity index (χ1n) is 3.60. The van der Waals surface area contributed by atoms with E-state index in [1.807, 2.05) is 20.8 Å². The normalized spacial score (nSPS) is 16.8. The van der Waals surface area contributed by atoms with Gasteiger partial charge < -0.3 is 4.52 Å². The fraction of sp³-hybridized carbons (Fsp3) is 1.00. The molecule has 0 aliphatic carbocycles. The van der Waals surface area contributed by atoms with Crippen LogP contribution < -0.4 is 0 Å². The third kappa shape index (κ3) is 7.20. The quantitative estimate of drug-likeness (QED) is 0.652. The minimum Gasteiger partial charge on any atom is -0.307 e. The van der Waals surface area contributed by atoms with Crippen molar-refractivity contribution in [1.29, 1.82) is 0 Å². The molecule has 1 unspecified atom stereocenters. The van der Waals surface area contributed by atoms with E-state index in [0.29, 0.717) is 0 Å². The largest absolute Gasteiger partial charge is 0.346 e. The summed E-state index contributed by atoms with van der Waals surface area (Å²) >= 11 is 6.81. The number of halogens is 1. The van der Waals surface area contributed by atoms with Crippen LogP contribution in [0, 0.1) is 0 Å². The van der Waals surface area contributed by atoms with Gasteiger partial charge >= 0.3 is 5.92 Å². The summed E-state index contributed by atoms with van der Waals surface area (Å²) in [5.74, 6) is -2.09. The van der Waals surface area contributed by atoms with Gasteiger partial charge in [-0.2, -0.15) is 0 Å². The average molecular weight is 217 g/mol. The highest BCUT2D eigenvalue weighted by Crippen LogP contribution is 2.64. The Kier molecular flexibility index (Phi) is 5.88. The Morgan fingerprint density at radius 2 is 2.18 bits per heavy atom. The van der Waals surface area contributed by atoms with Crippen molar-refractivity contribution in [1.82, 2.24) is 0 Å². The minimum absolute atomic E-state index is 0.0670. The third-order valence-electron chi connectivity index (χ3n) is 0.786. The molecule has 5 heteroatoms. The van der Waals surface area contributed by atoms with Crippen LogP contribution in [0.3, 0.4) is 0 Å². The summed E-state index contributed by atoms with van der Waals surface area (Å²) in [4.78, 5) is 0. The number of hydrogen-bond donors (Lipinski definition) is 0. The second-order valence-corrected chi connectivity index (χ2v) is 8.31. The van der Waals surface area contributed by atoms with E-state index < -0.39 is 5.92 Å². The average Bonchev–Trinajstić information content (AvgIpc) is 1.81. The second-order valence-electron chi connectivity index (χ2n) is 2.42. The van der Waals surface area contributed by atoms with Crippen LogP contribution >= 0.6 is 28.5 Å². The van der Waals surface area contributed by atoms with Gasteiger partial charge in [-0.15, -0.1) is 0 Å². The summed E-state index contributed by atoms with van der Waals surface area (Å²) in [6.07, 6.45) is 0.894. The van der Waals surface area contributed by atoms with E-state index in [1.165, 1.54) is 11.4 Å². The predicted octanol–water partition coefficient (Wildman–Crippen LogP) is 3.90. The summed E-state index contributed by atoms with van der Waals surface area (Å²) in [6.45, 7) is 5.66. The molecule has 0 rings (SSSR count). The molecule has 0 spiro atoms. The highest BCUT2D eigenvalue weighted by molar-refractivity contribution is 8.63. The highest BCUT2D eigenvalue weighted by Gasteiger charge is 2.20. The van der Waals surface area contributed by atoms with Crippen LogP contribution in [0.4, 0.5) is 0 Å². The van der Waals surface area contributed by atoms with Gasteiger partial charge in [-0.3, -0.25) is 4.57 Å². The van der Waals surface area contributed by atoms with Gasteiger partial charge in [0, 0.05) is 5.75 Å². The van der Waals surface area contributed by atoms with E-state index in [9.17, 15) is 4.57 Å². The molecule has 0 aliphatic rings. The topological polar surface area (TPSA) is 26.3 Å². The maximum Gasteiger partial charge on any atom is 0.346 e. The maximum atomic E-state index is 11.3. The first kappa shape index (κ1) is 11.8. The summed E-state index contributed by atoms with van der Waals surface area (Å²) in [7, 11) is 0. The Morgan fingerprint density at radius 1 is 1.64 bits per heavy atom. The second kappa shape index (κ2) is 5.47. The number of hydrogen-bond acceptors (Lipinski definition) is 3. The van der Waals surface area contributed by atoms with Gasteiger partial charge in [0.2, 0.25) is 0 Å². The highest BCUT2D eigenvalue weighted by atomic mass is 35.7. The standard InChI is InChI=1S/C6H14ClO2PS/c1-4-5-11-10(7,8)9-6(2)3/h6H,4-5H2,1-3H3. The Bertz CT molecular complexity index is 152. The predicted molar refractivity (Wildman–Crippen MR) is 52.4 cm³/mol. The molecule has 0 saturated heterocycles. The Balaban J connectivity index is 3.71. The van der Waals surface area contributed by atoms with Crippen LogP contribution in [0.1, 0.15) is 27.2 Å². The summed E-state index contributed by atoms with van der Waals surface area (Å²) < 4.78 is 16.3. The zero-order valence-corrected chi connectivity index (χ0v) is 9.51. The van der Waals surface area contributed by atoms with Gasteiger partial charge in [0.1, 0.15) is 0 Å². The SMILES string of the molecule is CCCSP(=O)(Cl)OC(C)C.